The first-order valence-corrected chi connectivity index (χ1v) is 9.93. The van der Waals surface area contributed by atoms with Crippen LogP contribution in [0, 0.1) is 11.3 Å². The number of hydrogen-bond donors (Lipinski definition) is 2. The number of nitrogens with two attached hydrogens (primary N) is 1. The quantitative estimate of drug-likeness (QED) is 0.779. The molecule has 2 atom stereocenters. The van der Waals surface area contributed by atoms with Crippen molar-refractivity contribution < 1.29 is 14.3 Å². The molecule has 28 heavy (non-hydrogen) atoms. The second kappa shape index (κ2) is 9.33. The molecule has 0 radical (unpaired) electrons. The van der Waals surface area contributed by atoms with Crippen LogP contribution >= 0.6 is 12.4 Å². The number of hydrogen-bond acceptors (Lipinski definition) is 5. The van der Waals surface area contributed by atoms with E-state index in [-0.39, 0.29) is 41.7 Å². The minimum atomic E-state index is -0.0617. The first kappa shape index (κ1) is 22.8. The molecule has 0 aliphatic carbocycles. The summed E-state index contributed by atoms with van der Waals surface area (Å²) in [5.41, 5.74) is 7.29. The molecule has 0 bridgehead atoms. The zero-order chi connectivity index (χ0) is 19.6. The second-order valence-electron chi connectivity index (χ2n) is 8.79. The van der Waals surface area contributed by atoms with E-state index >= 15 is 0 Å². The fourth-order valence-corrected chi connectivity index (χ4v) is 3.93. The van der Waals surface area contributed by atoms with Gasteiger partial charge in [0.15, 0.2) is 11.5 Å². The Morgan fingerprint density at radius 3 is 2.61 bits per heavy atom. The number of benzene rings is 1. The molecule has 1 amide bonds. The van der Waals surface area contributed by atoms with Crippen LogP contribution in [-0.2, 0) is 4.79 Å². The van der Waals surface area contributed by atoms with Crippen molar-refractivity contribution >= 4 is 18.3 Å². The smallest absolute Gasteiger partial charge is 0.234 e. The Balaban J connectivity index is 0.00000280. The van der Waals surface area contributed by atoms with E-state index in [1.165, 1.54) is 0 Å². The molecule has 3 N–H and O–H groups in total. The van der Waals surface area contributed by atoms with Crippen LogP contribution in [-0.4, -0.2) is 49.7 Å². The first-order chi connectivity index (χ1) is 12.8. The molecule has 0 spiro atoms. The van der Waals surface area contributed by atoms with Crippen molar-refractivity contribution in [2.45, 2.75) is 46.2 Å². The molecule has 6 nitrogen and oxygen atoms in total. The summed E-state index contributed by atoms with van der Waals surface area (Å²) in [6, 6.07) is 6.07. The largest absolute Gasteiger partial charge is 0.486 e. The van der Waals surface area contributed by atoms with Crippen molar-refractivity contribution in [3.05, 3.63) is 23.8 Å². The van der Waals surface area contributed by atoms with Gasteiger partial charge in [0.2, 0.25) is 5.91 Å². The van der Waals surface area contributed by atoms with Crippen molar-refractivity contribution in [1.29, 1.82) is 0 Å². The number of amides is 1. The monoisotopic (exact) mass is 411 g/mol. The molecule has 1 saturated heterocycles. The Kier molecular flexibility index (Phi) is 7.59. The molecule has 2 aliphatic heterocycles. The molecule has 158 valence electrons. The molecule has 0 aromatic heterocycles. The van der Waals surface area contributed by atoms with Crippen molar-refractivity contribution in [1.82, 2.24) is 10.2 Å². The number of halogens is 1. The maximum atomic E-state index is 12.7. The average molecular weight is 412 g/mol. The van der Waals surface area contributed by atoms with E-state index < -0.39 is 0 Å². The number of likely N-dealkylation sites (tertiary alicyclic amines) is 1. The number of ether oxygens (including phenoxy) is 2. The van der Waals surface area contributed by atoms with Crippen LogP contribution in [0.15, 0.2) is 18.2 Å². The van der Waals surface area contributed by atoms with Gasteiger partial charge in [-0.2, -0.15) is 0 Å². The van der Waals surface area contributed by atoms with Gasteiger partial charge in [-0.15, -0.1) is 12.4 Å². The van der Waals surface area contributed by atoms with E-state index in [9.17, 15) is 4.79 Å². The van der Waals surface area contributed by atoms with Gasteiger partial charge in [-0.25, -0.2) is 0 Å². The highest BCUT2D eigenvalue weighted by Crippen LogP contribution is 2.34. The molecular formula is C21H34ClN3O3. The minimum absolute atomic E-state index is 0. The summed E-state index contributed by atoms with van der Waals surface area (Å²) in [6.07, 6.45) is 0.927. The Morgan fingerprint density at radius 1 is 1.29 bits per heavy atom. The summed E-state index contributed by atoms with van der Waals surface area (Å²) in [5.74, 6) is 1.84. The molecule has 0 saturated carbocycles. The van der Waals surface area contributed by atoms with E-state index in [2.05, 4.69) is 37.9 Å². The molecule has 1 fully saturated rings. The van der Waals surface area contributed by atoms with Gasteiger partial charge in [-0.3, -0.25) is 9.69 Å². The zero-order valence-electron chi connectivity index (χ0n) is 17.4. The van der Waals surface area contributed by atoms with Crippen LogP contribution in [0.5, 0.6) is 11.5 Å². The van der Waals surface area contributed by atoms with E-state index in [1.807, 2.05) is 18.2 Å². The van der Waals surface area contributed by atoms with E-state index in [0.29, 0.717) is 19.8 Å². The highest BCUT2D eigenvalue weighted by atomic mass is 35.5. The van der Waals surface area contributed by atoms with Crippen LogP contribution in [0.4, 0.5) is 0 Å². The molecule has 1 aromatic rings. The number of nitrogens with zero attached hydrogens (tertiary/aromatic N) is 1. The number of fused-ring (bicyclic) bond motifs is 1. The normalized spacial score (nSPS) is 22.3. The van der Waals surface area contributed by atoms with Gasteiger partial charge in [0, 0.05) is 19.1 Å². The standard InChI is InChI=1S/C21H33N3O3.ClH/c1-14(2)20(15-5-6-16-17(11-15)27-10-9-26-16)23-19(25)12-24-8-7-18(22)21(3,4)13-24;/h5-6,11,14,18,20H,7-10,12-13,22H2,1-4H3,(H,23,25);1H. The van der Waals surface area contributed by atoms with Gasteiger partial charge < -0.3 is 20.5 Å². The molecule has 7 heteroatoms. The lowest BCUT2D eigenvalue weighted by molar-refractivity contribution is -0.124. The van der Waals surface area contributed by atoms with Crippen LogP contribution in [0.2, 0.25) is 0 Å². The molecule has 3 rings (SSSR count). The van der Waals surface area contributed by atoms with Gasteiger partial charge in [0.05, 0.1) is 12.6 Å². The number of piperidine rings is 1. The predicted octanol–water partition coefficient (Wildman–Crippen LogP) is 2.75. The minimum Gasteiger partial charge on any atom is -0.486 e. The van der Waals surface area contributed by atoms with Crippen molar-refractivity contribution in [2.75, 3.05) is 32.8 Å². The maximum absolute atomic E-state index is 12.7. The van der Waals surface area contributed by atoms with Crippen molar-refractivity contribution in [3.63, 3.8) is 0 Å². The topological polar surface area (TPSA) is 76.8 Å². The Labute approximate surface area is 174 Å². The lowest BCUT2D eigenvalue weighted by atomic mass is 9.80. The number of rotatable bonds is 5. The number of carbonyl (C=O) groups excluding carboxylic acids is 1. The predicted molar refractivity (Wildman–Crippen MR) is 113 cm³/mol. The van der Waals surface area contributed by atoms with Crippen LogP contribution in [0.1, 0.15) is 45.7 Å². The van der Waals surface area contributed by atoms with Crippen LogP contribution < -0.4 is 20.5 Å². The van der Waals surface area contributed by atoms with Crippen LogP contribution in [0.25, 0.3) is 0 Å². The van der Waals surface area contributed by atoms with E-state index in [4.69, 9.17) is 15.2 Å². The summed E-state index contributed by atoms with van der Waals surface area (Å²) in [5, 5.41) is 3.22. The SMILES string of the molecule is CC(C)C(NC(=O)CN1CCC(N)C(C)(C)C1)c1ccc2c(c1)OCCO2.Cl. The zero-order valence-corrected chi connectivity index (χ0v) is 18.2. The Hall–Kier alpha value is -1.50. The van der Waals surface area contributed by atoms with Gasteiger partial charge in [0.1, 0.15) is 13.2 Å². The third-order valence-corrected chi connectivity index (χ3v) is 5.67. The molecule has 2 heterocycles. The fraction of sp³-hybridized carbons (Fsp3) is 0.667. The second-order valence-corrected chi connectivity index (χ2v) is 8.79. The maximum Gasteiger partial charge on any atom is 0.234 e. The molecule has 1 aromatic carbocycles. The first-order valence-electron chi connectivity index (χ1n) is 9.93. The third kappa shape index (κ3) is 5.31. The average Bonchev–Trinajstić information content (AvgIpc) is 2.62. The van der Waals surface area contributed by atoms with Crippen molar-refractivity contribution in [2.24, 2.45) is 17.1 Å². The lowest BCUT2D eigenvalue weighted by Gasteiger charge is -2.42. The summed E-state index contributed by atoms with van der Waals surface area (Å²) in [6.45, 7) is 11.8. The Morgan fingerprint density at radius 2 is 1.96 bits per heavy atom. The van der Waals surface area contributed by atoms with Crippen LogP contribution in [0.3, 0.4) is 0 Å². The number of nitrogens with one attached hydrogen (secondary N) is 1. The third-order valence-electron chi connectivity index (χ3n) is 5.67. The highest BCUT2D eigenvalue weighted by molar-refractivity contribution is 5.85. The molecule has 2 unspecified atom stereocenters. The van der Waals surface area contributed by atoms with E-state index in [1.54, 1.807) is 0 Å². The summed E-state index contributed by atoms with van der Waals surface area (Å²) < 4.78 is 11.3. The van der Waals surface area contributed by atoms with Gasteiger partial charge in [-0.05, 0) is 35.4 Å². The molecular weight excluding hydrogens is 378 g/mol. The van der Waals surface area contributed by atoms with Gasteiger partial charge in [0.25, 0.3) is 0 Å². The summed E-state index contributed by atoms with van der Waals surface area (Å²) >= 11 is 0. The summed E-state index contributed by atoms with van der Waals surface area (Å²) in [4.78, 5) is 14.9. The van der Waals surface area contributed by atoms with E-state index in [0.717, 1.165) is 36.6 Å². The lowest BCUT2D eigenvalue weighted by Crippen LogP contribution is -2.54. The van der Waals surface area contributed by atoms with Crippen molar-refractivity contribution in [3.8, 4) is 11.5 Å². The molecule has 2 aliphatic rings. The fourth-order valence-electron chi connectivity index (χ4n) is 3.93. The Bertz CT molecular complexity index is 681. The number of carbonyl (C=O) groups is 1. The highest BCUT2D eigenvalue weighted by Gasteiger charge is 2.34. The van der Waals surface area contributed by atoms with Gasteiger partial charge >= 0.3 is 0 Å². The van der Waals surface area contributed by atoms with Gasteiger partial charge in [-0.1, -0.05) is 33.8 Å². The summed E-state index contributed by atoms with van der Waals surface area (Å²) in [7, 11) is 0.